The van der Waals surface area contributed by atoms with Gasteiger partial charge in [0.25, 0.3) is 0 Å². The number of hydrogen-bond acceptors (Lipinski definition) is 5. The molecule has 1 aromatic carbocycles. The molecule has 1 aliphatic carbocycles. The van der Waals surface area contributed by atoms with Crippen molar-refractivity contribution >= 4 is 5.97 Å². The number of rotatable bonds is 4. The van der Waals surface area contributed by atoms with Crippen LogP contribution >= 0.6 is 0 Å². The van der Waals surface area contributed by atoms with E-state index < -0.39 is 0 Å². The highest BCUT2D eigenvalue weighted by atomic mass is 16.5. The molecule has 0 heterocycles. The van der Waals surface area contributed by atoms with Gasteiger partial charge < -0.3 is 20.3 Å². The van der Waals surface area contributed by atoms with E-state index in [9.17, 15) is 9.90 Å². The predicted molar refractivity (Wildman–Crippen MR) is 65.6 cm³/mol. The van der Waals surface area contributed by atoms with Crippen LogP contribution in [-0.2, 0) is 22.4 Å². The number of hydrogen-bond donors (Lipinski definition) is 2. The third-order valence-corrected chi connectivity index (χ3v) is 3.09. The maximum Gasteiger partial charge on any atom is 0.308 e. The first-order valence-electron chi connectivity index (χ1n) is 5.90. The first kappa shape index (κ1) is 12.7. The molecule has 98 valence electrons. The summed E-state index contributed by atoms with van der Waals surface area (Å²) in [6.07, 6.45) is 1.56. The van der Waals surface area contributed by atoms with Gasteiger partial charge in [0.15, 0.2) is 0 Å². The molecule has 1 atom stereocenters. The summed E-state index contributed by atoms with van der Waals surface area (Å²) in [5.74, 6) is 0.653. The van der Waals surface area contributed by atoms with Crippen LogP contribution in [0.1, 0.15) is 17.5 Å². The van der Waals surface area contributed by atoms with Crippen molar-refractivity contribution < 1.29 is 19.4 Å². The lowest BCUT2D eigenvalue weighted by Gasteiger charge is -2.11. The monoisotopic (exact) mass is 251 g/mol. The zero-order valence-corrected chi connectivity index (χ0v) is 10.3. The van der Waals surface area contributed by atoms with Crippen molar-refractivity contribution in [1.29, 1.82) is 0 Å². The zero-order chi connectivity index (χ0) is 13.1. The summed E-state index contributed by atoms with van der Waals surface area (Å²) in [5.41, 5.74) is 7.69. The highest BCUT2D eigenvalue weighted by molar-refractivity contribution is 5.69. The maximum absolute atomic E-state index is 11.0. The van der Waals surface area contributed by atoms with Crippen molar-refractivity contribution in [3.63, 3.8) is 0 Å². The Kier molecular flexibility index (Phi) is 3.72. The molecule has 1 aliphatic rings. The van der Waals surface area contributed by atoms with Crippen molar-refractivity contribution in [2.45, 2.75) is 25.3 Å². The summed E-state index contributed by atoms with van der Waals surface area (Å²) in [6.45, 7) is 0.263. The van der Waals surface area contributed by atoms with Crippen LogP contribution in [0.15, 0.2) is 12.1 Å². The SMILES string of the molecule is COC(=O)CCOc1ccc(O)c2c1CC(N)C2. The topological polar surface area (TPSA) is 81.8 Å². The molecule has 0 fully saturated rings. The molecule has 18 heavy (non-hydrogen) atoms. The number of nitrogens with two attached hydrogens (primary N) is 1. The number of fused-ring (bicyclic) bond motifs is 1. The van der Waals surface area contributed by atoms with Gasteiger partial charge in [-0.2, -0.15) is 0 Å². The molecule has 0 saturated heterocycles. The van der Waals surface area contributed by atoms with Gasteiger partial charge in [0.05, 0.1) is 20.1 Å². The van der Waals surface area contributed by atoms with Gasteiger partial charge in [-0.25, -0.2) is 0 Å². The number of phenols is 1. The van der Waals surface area contributed by atoms with E-state index in [0.29, 0.717) is 18.6 Å². The zero-order valence-electron chi connectivity index (χ0n) is 10.3. The minimum atomic E-state index is -0.304. The maximum atomic E-state index is 11.0. The lowest BCUT2D eigenvalue weighted by Crippen LogP contribution is -2.19. The Morgan fingerprint density at radius 3 is 2.89 bits per heavy atom. The molecular formula is C13H17NO4. The van der Waals surface area contributed by atoms with Crippen LogP contribution in [0, 0.1) is 0 Å². The molecule has 0 spiro atoms. The van der Waals surface area contributed by atoms with Crippen molar-refractivity contribution in [2.24, 2.45) is 5.73 Å². The Labute approximate surface area is 106 Å². The summed E-state index contributed by atoms with van der Waals surface area (Å²) in [6, 6.07) is 3.34. The van der Waals surface area contributed by atoms with Gasteiger partial charge in [-0.05, 0) is 25.0 Å². The highest BCUT2D eigenvalue weighted by Crippen LogP contribution is 2.36. The first-order chi connectivity index (χ1) is 8.61. The van der Waals surface area contributed by atoms with E-state index in [1.165, 1.54) is 7.11 Å². The van der Waals surface area contributed by atoms with E-state index in [4.69, 9.17) is 10.5 Å². The number of esters is 1. The lowest BCUT2D eigenvalue weighted by molar-refractivity contribution is -0.141. The van der Waals surface area contributed by atoms with Crippen LogP contribution in [0.3, 0.4) is 0 Å². The van der Waals surface area contributed by atoms with E-state index >= 15 is 0 Å². The molecule has 0 bridgehead atoms. The molecular weight excluding hydrogens is 234 g/mol. The van der Waals surface area contributed by atoms with E-state index in [1.807, 2.05) is 0 Å². The largest absolute Gasteiger partial charge is 0.508 e. The average Bonchev–Trinajstić information content (AvgIpc) is 2.74. The number of aromatic hydroxyl groups is 1. The molecule has 3 N–H and O–H groups in total. The predicted octanol–water partition coefficient (Wildman–Crippen LogP) is 0.760. The Balaban J connectivity index is 2.06. The van der Waals surface area contributed by atoms with Crippen molar-refractivity contribution in [3.05, 3.63) is 23.3 Å². The Bertz CT molecular complexity index is 459. The Hall–Kier alpha value is -1.75. The first-order valence-corrected chi connectivity index (χ1v) is 5.90. The van der Waals surface area contributed by atoms with E-state index in [2.05, 4.69) is 4.74 Å². The summed E-state index contributed by atoms with van der Waals surface area (Å²) in [4.78, 5) is 11.0. The third kappa shape index (κ3) is 2.56. The fourth-order valence-corrected chi connectivity index (χ4v) is 2.19. The van der Waals surface area contributed by atoms with Gasteiger partial charge in [-0.3, -0.25) is 4.79 Å². The average molecular weight is 251 g/mol. The minimum absolute atomic E-state index is 0.0243. The normalized spacial score (nSPS) is 17.3. The molecule has 0 radical (unpaired) electrons. The van der Waals surface area contributed by atoms with Gasteiger partial charge in [0, 0.05) is 17.2 Å². The van der Waals surface area contributed by atoms with Crippen LogP contribution in [0.25, 0.3) is 0 Å². The minimum Gasteiger partial charge on any atom is -0.508 e. The molecule has 1 unspecified atom stereocenters. The van der Waals surface area contributed by atoms with E-state index in [1.54, 1.807) is 12.1 Å². The fourth-order valence-electron chi connectivity index (χ4n) is 2.19. The number of carbonyl (C=O) groups is 1. The second-order valence-corrected chi connectivity index (χ2v) is 4.38. The smallest absolute Gasteiger partial charge is 0.308 e. The molecule has 0 saturated carbocycles. The molecule has 0 amide bonds. The fraction of sp³-hybridized carbons (Fsp3) is 0.462. The van der Waals surface area contributed by atoms with Gasteiger partial charge >= 0.3 is 5.97 Å². The molecule has 2 rings (SSSR count). The number of benzene rings is 1. The number of carbonyl (C=O) groups excluding carboxylic acids is 1. The van der Waals surface area contributed by atoms with Crippen LogP contribution < -0.4 is 10.5 Å². The van der Waals surface area contributed by atoms with E-state index in [-0.39, 0.29) is 30.8 Å². The van der Waals surface area contributed by atoms with Gasteiger partial charge in [-0.1, -0.05) is 0 Å². The second-order valence-electron chi connectivity index (χ2n) is 4.38. The highest BCUT2D eigenvalue weighted by Gasteiger charge is 2.24. The van der Waals surface area contributed by atoms with Crippen LogP contribution in [-0.4, -0.2) is 30.8 Å². The third-order valence-electron chi connectivity index (χ3n) is 3.09. The standard InChI is InChI=1S/C13H17NO4/c1-17-13(16)4-5-18-12-3-2-11(15)9-6-8(14)7-10(9)12/h2-3,8,15H,4-7,14H2,1H3. The van der Waals surface area contributed by atoms with Gasteiger partial charge in [0.1, 0.15) is 11.5 Å². The molecule has 0 aliphatic heterocycles. The Morgan fingerprint density at radius 1 is 1.44 bits per heavy atom. The van der Waals surface area contributed by atoms with E-state index in [0.717, 1.165) is 11.1 Å². The van der Waals surface area contributed by atoms with Gasteiger partial charge in [0.2, 0.25) is 0 Å². The lowest BCUT2D eigenvalue weighted by atomic mass is 10.1. The number of ether oxygens (including phenoxy) is 2. The molecule has 5 heteroatoms. The molecule has 1 aromatic rings. The second kappa shape index (κ2) is 5.27. The number of methoxy groups -OCH3 is 1. The van der Waals surface area contributed by atoms with Crippen molar-refractivity contribution in [2.75, 3.05) is 13.7 Å². The Morgan fingerprint density at radius 2 is 2.17 bits per heavy atom. The van der Waals surface area contributed by atoms with Gasteiger partial charge in [-0.15, -0.1) is 0 Å². The van der Waals surface area contributed by atoms with Crippen LogP contribution in [0.5, 0.6) is 11.5 Å². The summed E-state index contributed by atoms with van der Waals surface area (Å²) in [5, 5.41) is 9.74. The summed E-state index contributed by atoms with van der Waals surface area (Å²) in [7, 11) is 1.35. The molecule has 0 aromatic heterocycles. The van der Waals surface area contributed by atoms with Crippen LogP contribution in [0.2, 0.25) is 0 Å². The van der Waals surface area contributed by atoms with Crippen molar-refractivity contribution in [3.8, 4) is 11.5 Å². The van der Waals surface area contributed by atoms with Crippen LogP contribution in [0.4, 0.5) is 0 Å². The number of phenolic OH excluding ortho intramolecular Hbond substituents is 1. The molecule has 5 nitrogen and oxygen atoms in total. The van der Waals surface area contributed by atoms with Crippen molar-refractivity contribution in [1.82, 2.24) is 0 Å². The summed E-state index contributed by atoms with van der Waals surface area (Å²) >= 11 is 0. The summed E-state index contributed by atoms with van der Waals surface area (Å²) < 4.78 is 10.1. The quantitative estimate of drug-likeness (QED) is 0.772.